The summed E-state index contributed by atoms with van der Waals surface area (Å²) < 4.78 is 10.5. The second-order valence-electron chi connectivity index (χ2n) is 4.40. The monoisotopic (exact) mass is 265 g/mol. The molecule has 106 valence electrons. The number of benzene rings is 1. The van der Waals surface area contributed by atoms with Crippen molar-refractivity contribution in [2.75, 3.05) is 26.3 Å². The van der Waals surface area contributed by atoms with Crippen LogP contribution in [0, 0.1) is 5.92 Å². The molecule has 0 aliphatic heterocycles. The molecule has 4 heteroatoms. The van der Waals surface area contributed by atoms with E-state index in [9.17, 15) is 4.79 Å². The molecule has 0 radical (unpaired) electrons. The molecule has 1 unspecified atom stereocenters. The van der Waals surface area contributed by atoms with Crippen molar-refractivity contribution < 1.29 is 14.3 Å². The van der Waals surface area contributed by atoms with Crippen LogP contribution in [0.5, 0.6) is 0 Å². The molecule has 0 heterocycles. The molecule has 0 saturated carbocycles. The number of carbonyl (C=O) groups excluding carboxylic acids is 1. The fourth-order valence-corrected chi connectivity index (χ4v) is 1.56. The van der Waals surface area contributed by atoms with Crippen LogP contribution >= 0.6 is 0 Å². The molecule has 0 spiro atoms. The summed E-state index contributed by atoms with van der Waals surface area (Å²) in [5, 5.41) is 3.17. The smallest absolute Gasteiger partial charge is 0.310 e. The van der Waals surface area contributed by atoms with E-state index in [-0.39, 0.29) is 11.9 Å². The van der Waals surface area contributed by atoms with E-state index in [2.05, 4.69) is 5.32 Å². The van der Waals surface area contributed by atoms with E-state index in [4.69, 9.17) is 9.47 Å². The lowest BCUT2D eigenvalue weighted by Gasteiger charge is -2.12. The lowest BCUT2D eigenvalue weighted by molar-refractivity contribution is -0.149. The first kappa shape index (κ1) is 15.7. The van der Waals surface area contributed by atoms with Crippen molar-refractivity contribution in [1.82, 2.24) is 5.32 Å². The summed E-state index contributed by atoms with van der Waals surface area (Å²) in [5.41, 5.74) is 1.01. The van der Waals surface area contributed by atoms with Crippen molar-refractivity contribution in [3.63, 3.8) is 0 Å². The first-order chi connectivity index (χ1) is 9.24. The highest BCUT2D eigenvalue weighted by Gasteiger charge is 2.13. The number of ether oxygens (including phenoxy) is 2. The highest BCUT2D eigenvalue weighted by Crippen LogP contribution is 2.04. The van der Waals surface area contributed by atoms with Gasteiger partial charge >= 0.3 is 5.97 Å². The van der Waals surface area contributed by atoms with Gasteiger partial charge in [0.05, 0.1) is 12.5 Å². The zero-order valence-corrected chi connectivity index (χ0v) is 11.7. The largest absolute Gasteiger partial charge is 0.461 e. The summed E-state index contributed by atoms with van der Waals surface area (Å²) >= 11 is 0. The SMILES string of the molecule is CCOCCNCC(C)C(=O)OCc1ccccc1. The molecular weight excluding hydrogens is 242 g/mol. The van der Waals surface area contributed by atoms with Gasteiger partial charge in [0, 0.05) is 19.7 Å². The quantitative estimate of drug-likeness (QED) is 0.548. The van der Waals surface area contributed by atoms with E-state index in [1.807, 2.05) is 44.2 Å². The van der Waals surface area contributed by atoms with E-state index in [0.29, 0.717) is 19.8 Å². The average molecular weight is 265 g/mol. The highest BCUT2D eigenvalue weighted by atomic mass is 16.5. The van der Waals surface area contributed by atoms with Crippen molar-refractivity contribution in [2.45, 2.75) is 20.5 Å². The van der Waals surface area contributed by atoms with Crippen LogP contribution in [0.1, 0.15) is 19.4 Å². The maximum Gasteiger partial charge on any atom is 0.310 e. The molecular formula is C15H23NO3. The van der Waals surface area contributed by atoms with Gasteiger partial charge in [0.2, 0.25) is 0 Å². The highest BCUT2D eigenvalue weighted by molar-refractivity contribution is 5.72. The number of esters is 1. The van der Waals surface area contributed by atoms with Gasteiger partial charge in [-0.1, -0.05) is 37.3 Å². The van der Waals surface area contributed by atoms with Gasteiger partial charge in [0.15, 0.2) is 0 Å². The Morgan fingerprint density at radius 2 is 2.05 bits per heavy atom. The standard InChI is InChI=1S/C15H23NO3/c1-3-18-10-9-16-11-13(2)15(17)19-12-14-7-5-4-6-8-14/h4-8,13,16H,3,9-12H2,1-2H3. The Kier molecular flexibility index (Phi) is 7.86. The predicted molar refractivity (Wildman–Crippen MR) is 74.8 cm³/mol. The Morgan fingerprint density at radius 1 is 1.32 bits per heavy atom. The van der Waals surface area contributed by atoms with Gasteiger partial charge in [0.25, 0.3) is 0 Å². The van der Waals surface area contributed by atoms with E-state index in [1.54, 1.807) is 0 Å². The van der Waals surface area contributed by atoms with Gasteiger partial charge in [-0.15, -0.1) is 0 Å². The van der Waals surface area contributed by atoms with E-state index in [1.165, 1.54) is 0 Å². The fraction of sp³-hybridized carbons (Fsp3) is 0.533. The molecule has 19 heavy (non-hydrogen) atoms. The molecule has 0 fully saturated rings. The Morgan fingerprint density at radius 3 is 2.74 bits per heavy atom. The number of nitrogens with one attached hydrogen (secondary N) is 1. The number of hydrogen-bond acceptors (Lipinski definition) is 4. The minimum atomic E-state index is -0.173. The number of hydrogen-bond donors (Lipinski definition) is 1. The lowest BCUT2D eigenvalue weighted by atomic mass is 10.2. The lowest BCUT2D eigenvalue weighted by Crippen LogP contribution is -2.30. The predicted octanol–water partition coefficient (Wildman–Crippen LogP) is 1.99. The first-order valence-electron chi connectivity index (χ1n) is 6.73. The Labute approximate surface area is 115 Å². The van der Waals surface area contributed by atoms with Gasteiger partial charge < -0.3 is 14.8 Å². The van der Waals surface area contributed by atoms with Crippen LogP contribution in [0.3, 0.4) is 0 Å². The third-order valence-electron chi connectivity index (χ3n) is 2.70. The fourth-order valence-electron chi connectivity index (χ4n) is 1.56. The van der Waals surface area contributed by atoms with Gasteiger partial charge in [0.1, 0.15) is 6.61 Å². The molecule has 0 saturated heterocycles. The van der Waals surface area contributed by atoms with E-state index < -0.39 is 0 Å². The third kappa shape index (κ3) is 6.94. The van der Waals surface area contributed by atoms with Gasteiger partial charge in [-0.25, -0.2) is 0 Å². The van der Waals surface area contributed by atoms with Gasteiger partial charge in [-0.3, -0.25) is 4.79 Å². The Balaban J connectivity index is 2.14. The molecule has 1 atom stereocenters. The molecule has 1 N–H and O–H groups in total. The van der Waals surface area contributed by atoms with Gasteiger partial charge in [-0.05, 0) is 12.5 Å². The number of carbonyl (C=O) groups is 1. The molecule has 0 amide bonds. The maximum absolute atomic E-state index is 11.7. The van der Waals surface area contributed by atoms with Crippen LogP contribution in [-0.2, 0) is 20.9 Å². The summed E-state index contributed by atoms with van der Waals surface area (Å²) in [7, 11) is 0. The van der Waals surface area contributed by atoms with Gasteiger partial charge in [-0.2, -0.15) is 0 Å². The van der Waals surface area contributed by atoms with E-state index in [0.717, 1.165) is 18.7 Å². The summed E-state index contributed by atoms with van der Waals surface area (Å²) in [6, 6.07) is 9.69. The van der Waals surface area contributed by atoms with Crippen molar-refractivity contribution in [3.05, 3.63) is 35.9 Å². The first-order valence-corrected chi connectivity index (χ1v) is 6.73. The average Bonchev–Trinajstić information content (AvgIpc) is 2.45. The molecule has 0 aliphatic carbocycles. The molecule has 4 nitrogen and oxygen atoms in total. The minimum Gasteiger partial charge on any atom is -0.461 e. The van der Waals surface area contributed by atoms with Crippen LogP contribution in [0.2, 0.25) is 0 Å². The Bertz CT molecular complexity index is 354. The summed E-state index contributed by atoms with van der Waals surface area (Å²) in [4.78, 5) is 11.7. The zero-order valence-electron chi connectivity index (χ0n) is 11.7. The van der Waals surface area contributed by atoms with Crippen LogP contribution in [0.4, 0.5) is 0 Å². The van der Waals surface area contributed by atoms with Crippen molar-refractivity contribution >= 4 is 5.97 Å². The summed E-state index contributed by atoms with van der Waals surface area (Å²) in [5.74, 6) is -0.321. The van der Waals surface area contributed by atoms with Crippen LogP contribution < -0.4 is 5.32 Å². The topological polar surface area (TPSA) is 47.6 Å². The Hall–Kier alpha value is -1.39. The molecule has 0 aliphatic rings. The number of rotatable bonds is 9. The van der Waals surface area contributed by atoms with Crippen LogP contribution in [0.25, 0.3) is 0 Å². The van der Waals surface area contributed by atoms with Crippen LogP contribution in [0.15, 0.2) is 30.3 Å². The maximum atomic E-state index is 11.7. The second kappa shape index (κ2) is 9.53. The molecule has 1 aromatic carbocycles. The molecule has 1 aromatic rings. The summed E-state index contributed by atoms with van der Waals surface area (Å²) in [6.45, 7) is 6.91. The zero-order chi connectivity index (χ0) is 13.9. The second-order valence-corrected chi connectivity index (χ2v) is 4.40. The molecule has 0 bridgehead atoms. The van der Waals surface area contributed by atoms with Crippen molar-refractivity contribution in [1.29, 1.82) is 0 Å². The summed E-state index contributed by atoms with van der Waals surface area (Å²) in [6.07, 6.45) is 0. The minimum absolute atomic E-state index is 0.148. The van der Waals surface area contributed by atoms with Crippen LogP contribution in [-0.4, -0.2) is 32.3 Å². The third-order valence-corrected chi connectivity index (χ3v) is 2.70. The normalized spacial score (nSPS) is 12.1. The van der Waals surface area contributed by atoms with Crippen molar-refractivity contribution in [2.24, 2.45) is 5.92 Å². The molecule has 0 aromatic heterocycles. The van der Waals surface area contributed by atoms with E-state index >= 15 is 0 Å². The van der Waals surface area contributed by atoms with Crippen molar-refractivity contribution in [3.8, 4) is 0 Å². The molecule has 1 rings (SSSR count).